The van der Waals surface area contributed by atoms with Gasteiger partial charge in [-0.05, 0) is 52.1 Å². The van der Waals surface area contributed by atoms with Gasteiger partial charge in [-0.2, -0.15) is 0 Å². The summed E-state index contributed by atoms with van der Waals surface area (Å²) in [6.45, 7) is 0. The van der Waals surface area contributed by atoms with Crippen LogP contribution < -0.4 is 5.73 Å². The molecule has 0 aliphatic heterocycles. The van der Waals surface area contributed by atoms with Crippen molar-refractivity contribution in [3.05, 3.63) is 120 Å². The van der Waals surface area contributed by atoms with Crippen LogP contribution in [0.2, 0.25) is 0 Å². The van der Waals surface area contributed by atoms with Crippen molar-refractivity contribution in [2.75, 3.05) is 14.1 Å². The molecule has 1 unspecified atom stereocenters. The lowest BCUT2D eigenvalue weighted by Gasteiger charge is -2.27. The summed E-state index contributed by atoms with van der Waals surface area (Å²) in [5.41, 5.74) is 12.6. The number of carbonyl (C=O) groups is 1. The average Bonchev–Trinajstić information content (AvgIpc) is 2.85. The van der Waals surface area contributed by atoms with Gasteiger partial charge in [-0.1, -0.05) is 48.5 Å². The van der Waals surface area contributed by atoms with Gasteiger partial charge in [0.05, 0.1) is 0 Å². The minimum atomic E-state index is -0.340. The standard InChI is InChI=1S/C27H26N4O/c1-31(2)27(32)20-9-5-8-19(16-20)23-12-3-4-13-24(23)26(28)25(21-10-6-14-29-17-21)22-11-7-15-30-18-22/h3-18,25-26H,28H2,1-2H3. The van der Waals surface area contributed by atoms with Crippen molar-refractivity contribution in [1.82, 2.24) is 14.9 Å². The Hall–Kier alpha value is -3.83. The Bertz CT molecular complexity index is 1150. The highest BCUT2D eigenvalue weighted by molar-refractivity contribution is 5.95. The zero-order valence-corrected chi connectivity index (χ0v) is 18.2. The number of benzene rings is 2. The summed E-state index contributed by atoms with van der Waals surface area (Å²) < 4.78 is 0. The molecule has 32 heavy (non-hydrogen) atoms. The maximum atomic E-state index is 12.5. The van der Waals surface area contributed by atoms with E-state index >= 15 is 0 Å². The van der Waals surface area contributed by atoms with Crippen LogP contribution in [0.1, 0.15) is 39.0 Å². The molecule has 2 N–H and O–H groups in total. The van der Waals surface area contributed by atoms with Gasteiger partial charge in [-0.15, -0.1) is 0 Å². The highest BCUT2D eigenvalue weighted by atomic mass is 16.2. The molecule has 0 radical (unpaired) electrons. The van der Waals surface area contributed by atoms with Crippen molar-refractivity contribution in [3.63, 3.8) is 0 Å². The summed E-state index contributed by atoms with van der Waals surface area (Å²) >= 11 is 0. The SMILES string of the molecule is CN(C)C(=O)c1cccc(-c2ccccc2C(N)C(c2cccnc2)c2cccnc2)c1. The number of hydrogen-bond donors (Lipinski definition) is 1. The number of nitrogens with two attached hydrogens (primary N) is 1. The Morgan fingerprint density at radius 2 is 1.50 bits per heavy atom. The summed E-state index contributed by atoms with van der Waals surface area (Å²) in [5, 5.41) is 0. The monoisotopic (exact) mass is 422 g/mol. The highest BCUT2D eigenvalue weighted by Gasteiger charge is 2.26. The Labute approximate surface area is 188 Å². The van der Waals surface area contributed by atoms with Crippen LogP contribution in [0.25, 0.3) is 11.1 Å². The summed E-state index contributed by atoms with van der Waals surface area (Å²) in [7, 11) is 3.51. The average molecular weight is 423 g/mol. The molecule has 1 amide bonds. The first-order valence-corrected chi connectivity index (χ1v) is 10.5. The quantitative estimate of drug-likeness (QED) is 0.490. The Morgan fingerprint density at radius 1 is 0.844 bits per heavy atom. The molecule has 5 nitrogen and oxygen atoms in total. The summed E-state index contributed by atoms with van der Waals surface area (Å²) in [6.07, 6.45) is 7.24. The van der Waals surface area contributed by atoms with Crippen LogP contribution in [-0.2, 0) is 0 Å². The molecule has 0 saturated carbocycles. The van der Waals surface area contributed by atoms with E-state index in [1.54, 1.807) is 31.4 Å². The third-order valence-corrected chi connectivity index (χ3v) is 5.59. The normalized spacial score (nSPS) is 11.9. The molecular formula is C27H26N4O. The lowest BCUT2D eigenvalue weighted by Crippen LogP contribution is -2.22. The second kappa shape index (κ2) is 9.54. The largest absolute Gasteiger partial charge is 0.345 e. The number of nitrogens with zero attached hydrogens (tertiary/aromatic N) is 3. The number of aromatic nitrogens is 2. The molecule has 0 saturated heterocycles. The summed E-state index contributed by atoms with van der Waals surface area (Å²) in [6, 6.07) is 23.4. The second-order valence-corrected chi connectivity index (χ2v) is 7.94. The van der Waals surface area contributed by atoms with Crippen molar-refractivity contribution in [3.8, 4) is 11.1 Å². The van der Waals surface area contributed by atoms with E-state index in [-0.39, 0.29) is 17.9 Å². The van der Waals surface area contributed by atoms with Crippen LogP contribution >= 0.6 is 0 Å². The van der Waals surface area contributed by atoms with Gasteiger partial charge in [0.1, 0.15) is 0 Å². The number of amides is 1. The number of carbonyl (C=O) groups excluding carboxylic acids is 1. The van der Waals surface area contributed by atoms with Gasteiger partial charge >= 0.3 is 0 Å². The minimum absolute atomic E-state index is 0.0303. The van der Waals surface area contributed by atoms with Crippen molar-refractivity contribution in [2.45, 2.75) is 12.0 Å². The first kappa shape index (κ1) is 21.4. The first-order valence-electron chi connectivity index (χ1n) is 10.5. The zero-order valence-electron chi connectivity index (χ0n) is 18.2. The van der Waals surface area contributed by atoms with E-state index < -0.39 is 0 Å². The van der Waals surface area contributed by atoms with Gasteiger partial charge < -0.3 is 10.6 Å². The van der Waals surface area contributed by atoms with Crippen molar-refractivity contribution in [1.29, 1.82) is 0 Å². The molecular weight excluding hydrogens is 396 g/mol. The van der Waals surface area contributed by atoms with Crippen LogP contribution in [0.4, 0.5) is 0 Å². The molecule has 4 rings (SSSR count). The number of hydrogen-bond acceptors (Lipinski definition) is 4. The zero-order chi connectivity index (χ0) is 22.5. The van der Waals surface area contributed by atoms with E-state index in [2.05, 4.69) is 22.1 Å². The topological polar surface area (TPSA) is 72.1 Å². The second-order valence-electron chi connectivity index (χ2n) is 7.94. The Morgan fingerprint density at radius 3 is 2.09 bits per heavy atom. The third kappa shape index (κ3) is 4.43. The fourth-order valence-corrected chi connectivity index (χ4v) is 4.04. The van der Waals surface area contributed by atoms with Crippen LogP contribution in [0.3, 0.4) is 0 Å². The van der Waals surface area contributed by atoms with Crippen LogP contribution in [-0.4, -0.2) is 34.9 Å². The fourth-order valence-electron chi connectivity index (χ4n) is 4.04. The highest BCUT2D eigenvalue weighted by Crippen LogP contribution is 2.38. The first-order chi connectivity index (χ1) is 15.6. The predicted molar refractivity (Wildman–Crippen MR) is 127 cm³/mol. The molecule has 0 spiro atoms. The third-order valence-electron chi connectivity index (χ3n) is 5.59. The molecule has 1 atom stereocenters. The van der Waals surface area contributed by atoms with Crippen LogP contribution in [0, 0.1) is 0 Å². The van der Waals surface area contributed by atoms with E-state index in [9.17, 15) is 4.79 Å². The van der Waals surface area contributed by atoms with Crippen molar-refractivity contribution >= 4 is 5.91 Å². The van der Waals surface area contributed by atoms with Crippen molar-refractivity contribution in [2.24, 2.45) is 5.73 Å². The van der Waals surface area contributed by atoms with E-state index in [0.717, 1.165) is 27.8 Å². The molecule has 4 aromatic rings. The molecule has 0 fully saturated rings. The predicted octanol–water partition coefficient (Wildman–Crippen LogP) is 4.68. The van der Waals surface area contributed by atoms with E-state index in [1.807, 2.05) is 73.1 Å². The maximum Gasteiger partial charge on any atom is 0.253 e. The van der Waals surface area contributed by atoms with E-state index in [0.29, 0.717) is 5.56 Å². The summed E-state index contributed by atoms with van der Waals surface area (Å²) in [4.78, 5) is 22.7. The lowest BCUT2D eigenvalue weighted by molar-refractivity contribution is 0.0827. The van der Waals surface area contributed by atoms with Gasteiger partial charge in [0.2, 0.25) is 0 Å². The smallest absolute Gasteiger partial charge is 0.253 e. The maximum absolute atomic E-state index is 12.5. The van der Waals surface area contributed by atoms with Gasteiger partial charge in [-0.3, -0.25) is 14.8 Å². The fraction of sp³-hybridized carbons (Fsp3) is 0.148. The van der Waals surface area contributed by atoms with E-state index in [4.69, 9.17) is 5.73 Å². The lowest BCUT2D eigenvalue weighted by atomic mass is 9.81. The molecule has 0 bridgehead atoms. The van der Waals surface area contributed by atoms with Gasteiger partial charge in [0, 0.05) is 56.4 Å². The molecule has 160 valence electrons. The Kier molecular flexibility index (Phi) is 6.38. The van der Waals surface area contributed by atoms with Gasteiger partial charge in [0.15, 0.2) is 0 Å². The number of rotatable bonds is 6. The van der Waals surface area contributed by atoms with Gasteiger partial charge in [-0.25, -0.2) is 0 Å². The van der Waals surface area contributed by atoms with E-state index in [1.165, 1.54) is 0 Å². The molecule has 0 aliphatic carbocycles. The summed E-state index contributed by atoms with van der Waals surface area (Å²) in [5.74, 6) is -0.151. The Balaban J connectivity index is 1.81. The van der Waals surface area contributed by atoms with Crippen LogP contribution in [0.15, 0.2) is 97.6 Å². The van der Waals surface area contributed by atoms with Crippen molar-refractivity contribution < 1.29 is 4.79 Å². The minimum Gasteiger partial charge on any atom is -0.345 e. The molecule has 0 aliphatic rings. The van der Waals surface area contributed by atoms with Crippen LogP contribution in [0.5, 0.6) is 0 Å². The number of pyridine rings is 2. The molecule has 2 aromatic heterocycles. The molecule has 5 heteroatoms. The molecule has 2 heterocycles. The molecule has 2 aromatic carbocycles. The van der Waals surface area contributed by atoms with Gasteiger partial charge in [0.25, 0.3) is 5.91 Å².